The number of pyridine rings is 2. The van der Waals surface area contributed by atoms with Crippen molar-refractivity contribution in [2.24, 2.45) is 13.0 Å². The summed E-state index contributed by atoms with van der Waals surface area (Å²) >= 11 is 0. The fourth-order valence-electron chi connectivity index (χ4n) is 4.08. The first-order valence-electron chi connectivity index (χ1n) is 10.7. The molecule has 0 spiro atoms. The van der Waals surface area contributed by atoms with E-state index in [-0.39, 0.29) is 23.8 Å². The Morgan fingerprint density at radius 1 is 1.22 bits per heavy atom. The second-order valence-electron chi connectivity index (χ2n) is 8.09. The van der Waals surface area contributed by atoms with Crippen LogP contribution in [0.2, 0.25) is 0 Å². The normalized spacial score (nSPS) is 20.7. The van der Waals surface area contributed by atoms with Crippen LogP contribution in [0, 0.1) is 17.2 Å². The Labute approximate surface area is 186 Å². The summed E-state index contributed by atoms with van der Waals surface area (Å²) in [6.07, 6.45) is 2.36. The minimum Gasteiger partial charge on any atom is -0.492 e. The highest BCUT2D eigenvalue weighted by Gasteiger charge is 2.34. The average molecular weight is 435 g/mol. The van der Waals surface area contributed by atoms with E-state index in [0.29, 0.717) is 47.3 Å². The fraction of sp³-hybridized carbons (Fsp3) is 0.435. The Balaban J connectivity index is 1.60. The third kappa shape index (κ3) is 4.08. The molecule has 0 saturated carbocycles. The lowest BCUT2D eigenvalue weighted by atomic mass is 9.91. The minimum atomic E-state index is -0.351. The van der Waals surface area contributed by atoms with E-state index in [0.717, 1.165) is 6.42 Å². The first-order chi connectivity index (χ1) is 15.4. The number of aryl methyl sites for hydroxylation is 1. The number of aromatic nitrogens is 4. The minimum absolute atomic E-state index is 0.0351. The van der Waals surface area contributed by atoms with Crippen LogP contribution >= 0.6 is 0 Å². The summed E-state index contributed by atoms with van der Waals surface area (Å²) in [7, 11) is 1.66. The highest BCUT2D eigenvalue weighted by atomic mass is 16.5. The zero-order valence-electron chi connectivity index (χ0n) is 18.6. The first-order valence-corrected chi connectivity index (χ1v) is 10.7. The van der Waals surface area contributed by atoms with E-state index in [1.807, 2.05) is 19.1 Å². The van der Waals surface area contributed by atoms with Crippen LogP contribution < -0.4 is 20.1 Å². The predicted octanol–water partition coefficient (Wildman–Crippen LogP) is 2.68. The second kappa shape index (κ2) is 8.83. The SMILES string of the molecule is CCOc1ccc(O[C@@H]2C[C@@H](C)N(c3nc(=O)n(C)c4ccc(C#N)nc34)C[C@H]2C)nc1. The summed E-state index contributed by atoms with van der Waals surface area (Å²) in [5.41, 5.74) is 1.14. The smallest absolute Gasteiger partial charge is 0.349 e. The van der Waals surface area contributed by atoms with Crippen molar-refractivity contribution < 1.29 is 9.47 Å². The summed E-state index contributed by atoms with van der Waals surface area (Å²) in [4.78, 5) is 27.7. The van der Waals surface area contributed by atoms with Gasteiger partial charge in [-0.25, -0.2) is 14.8 Å². The Bertz CT molecular complexity index is 1220. The quantitative estimate of drug-likeness (QED) is 0.603. The lowest BCUT2D eigenvalue weighted by Crippen LogP contribution is -2.50. The lowest BCUT2D eigenvalue weighted by Gasteiger charge is -2.42. The van der Waals surface area contributed by atoms with Gasteiger partial charge in [-0.05, 0) is 32.0 Å². The standard InChI is InChI=1S/C23H26N6O3/c1-5-31-17-7-9-20(25-12-17)32-19-10-15(3)29(13-14(19)2)22-21-18(28(4)23(30)27-22)8-6-16(11-24)26-21/h6-9,12,14-15,19H,5,10,13H2,1-4H3/t14-,15-,19-/m1/s1. The number of nitrogens with zero attached hydrogens (tertiary/aromatic N) is 6. The van der Waals surface area contributed by atoms with E-state index < -0.39 is 0 Å². The molecular formula is C23H26N6O3. The molecule has 4 rings (SSSR count). The van der Waals surface area contributed by atoms with Gasteiger partial charge in [-0.3, -0.25) is 4.57 Å². The molecule has 32 heavy (non-hydrogen) atoms. The highest BCUT2D eigenvalue weighted by molar-refractivity contribution is 5.86. The molecule has 0 aromatic carbocycles. The monoisotopic (exact) mass is 434 g/mol. The molecule has 1 saturated heterocycles. The highest BCUT2D eigenvalue weighted by Crippen LogP contribution is 2.32. The van der Waals surface area contributed by atoms with Gasteiger partial charge in [0.1, 0.15) is 29.1 Å². The van der Waals surface area contributed by atoms with Crippen LogP contribution in [0.5, 0.6) is 11.6 Å². The number of hydrogen-bond donors (Lipinski definition) is 0. The Kier molecular flexibility index (Phi) is 5.95. The summed E-state index contributed by atoms with van der Waals surface area (Å²) < 4.78 is 13.1. The van der Waals surface area contributed by atoms with Gasteiger partial charge in [0.2, 0.25) is 5.88 Å². The maximum atomic E-state index is 12.5. The third-order valence-electron chi connectivity index (χ3n) is 5.84. The molecule has 4 heterocycles. The van der Waals surface area contributed by atoms with Gasteiger partial charge < -0.3 is 14.4 Å². The van der Waals surface area contributed by atoms with Crippen molar-refractivity contribution in [1.82, 2.24) is 19.5 Å². The topological polar surface area (TPSA) is 106 Å². The van der Waals surface area contributed by atoms with Crippen molar-refractivity contribution in [3.8, 4) is 17.7 Å². The van der Waals surface area contributed by atoms with Crippen LogP contribution in [0.25, 0.3) is 11.0 Å². The molecule has 1 fully saturated rings. The van der Waals surface area contributed by atoms with Gasteiger partial charge in [0.25, 0.3) is 0 Å². The van der Waals surface area contributed by atoms with E-state index in [1.54, 1.807) is 25.4 Å². The molecule has 0 radical (unpaired) electrons. The van der Waals surface area contributed by atoms with Crippen LogP contribution in [0.15, 0.2) is 35.3 Å². The van der Waals surface area contributed by atoms with E-state index in [1.165, 1.54) is 4.57 Å². The molecule has 3 aromatic heterocycles. The molecule has 0 unspecified atom stereocenters. The molecule has 9 nitrogen and oxygen atoms in total. The number of rotatable bonds is 5. The van der Waals surface area contributed by atoms with Crippen LogP contribution in [0.3, 0.4) is 0 Å². The summed E-state index contributed by atoms with van der Waals surface area (Å²) in [6.45, 7) is 7.34. The van der Waals surface area contributed by atoms with Crippen LogP contribution in [0.1, 0.15) is 32.9 Å². The molecule has 1 aliphatic heterocycles. The largest absolute Gasteiger partial charge is 0.492 e. The van der Waals surface area contributed by atoms with E-state index in [4.69, 9.17) is 9.47 Å². The van der Waals surface area contributed by atoms with E-state index in [9.17, 15) is 10.1 Å². The molecule has 9 heteroatoms. The van der Waals surface area contributed by atoms with Crippen LogP contribution in [-0.2, 0) is 7.05 Å². The van der Waals surface area contributed by atoms with Gasteiger partial charge in [0.15, 0.2) is 5.82 Å². The van der Waals surface area contributed by atoms with Crippen molar-refractivity contribution in [2.75, 3.05) is 18.1 Å². The van der Waals surface area contributed by atoms with Gasteiger partial charge in [-0.2, -0.15) is 10.2 Å². The second-order valence-corrected chi connectivity index (χ2v) is 8.09. The summed E-state index contributed by atoms with van der Waals surface area (Å²) in [5.74, 6) is 1.93. The zero-order valence-corrected chi connectivity index (χ0v) is 18.6. The Hall–Kier alpha value is -3.67. The fourth-order valence-corrected chi connectivity index (χ4v) is 4.08. The molecular weight excluding hydrogens is 408 g/mol. The van der Waals surface area contributed by atoms with Crippen molar-refractivity contribution in [3.63, 3.8) is 0 Å². The number of nitriles is 1. The average Bonchev–Trinajstić information content (AvgIpc) is 2.79. The molecule has 0 aliphatic carbocycles. The van der Waals surface area contributed by atoms with Gasteiger partial charge in [-0.15, -0.1) is 0 Å². The molecule has 0 bridgehead atoms. The van der Waals surface area contributed by atoms with Crippen molar-refractivity contribution >= 4 is 16.9 Å². The number of ether oxygens (including phenoxy) is 2. The number of piperidine rings is 1. The van der Waals surface area contributed by atoms with Crippen molar-refractivity contribution in [2.45, 2.75) is 39.3 Å². The Morgan fingerprint density at radius 3 is 2.72 bits per heavy atom. The van der Waals surface area contributed by atoms with Crippen LogP contribution in [-0.4, -0.2) is 44.8 Å². The molecule has 3 aromatic rings. The summed E-state index contributed by atoms with van der Waals surface area (Å²) in [6, 6.07) is 9.14. The van der Waals surface area contributed by atoms with Gasteiger partial charge >= 0.3 is 5.69 Å². The maximum Gasteiger partial charge on any atom is 0.349 e. The molecule has 166 valence electrons. The first kappa shape index (κ1) is 21.6. The molecule has 1 aliphatic rings. The molecule has 3 atom stereocenters. The Morgan fingerprint density at radius 2 is 2.03 bits per heavy atom. The van der Waals surface area contributed by atoms with Crippen molar-refractivity contribution in [3.05, 3.63) is 46.6 Å². The van der Waals surface area contributed by atoms with E-state index in [2.05, 4.69) is 39.8 Å². The number of fused-ring (bicyclic) bond motifs is 1. The lowest BCUT2D eigenvalue weighted by molar-refractivity contribution is 0.102. The van der Waals surface area contributed by atoms with Gasteiger partial charge in [0, 0.05) is 38.0 Å². The molecule has 0 N–H and O–H groups in total. The maximum absolute atomic E-state index is 12.5. The summed E-state index contributed by atoms with van der Waals surface area (Å²) in [5, 5.41) is 9.29. The third-order valence-corrected chi connectivity index (χ3v) is 5.84. The van der Waals surface area contributed by atoms with Gasteiger partial charge in [0.05, 0.1) is 18.3 Å². The zero-order chi connectivity index (χ0) is 22.8. The molecule has 0 amide bonds. The number of hydrogen-bond acceptors (Lipinski definition) is 8. The van der Waals surface area contributed by atoms with Gasteiger partial charge in [-0.1, -0.05) is 6.92 Å². The number of anilines is 1. The van der Waals surface area contributed by atoms with E-state index >= 15 is 0 Å². The van der Waals surface area contributed by atoms with Crippen molar-refractivity contribution in [1.29, 1.82) is 5.26 Å². The predicted molar refractivity (Wildman–Crippen MR) is 120 cm³/mol. The van der Waals surface area contributed by atoms with Crippen LogP contribution in [0.4, 0.5) is 5.82 Å².